The molecule has 1 aromatic carbocycles. The molecule has 0 aliphatic rings. The van der Waals surface area contributed by atoms with Crippen LogP contribution >= 0.6 is 0 Å². The summed E-state index contributed by atoms with van der Waals surface area (Å²) in [4.78, 5) is 1.93. The van der Waals surface area contributed by atoms with Crippen molar-refractivity contribution >= 4 is 10.0 Å². The first-order valence-electron chi connectivity index (χ1n) is 5.69. The molecule has 0 bridgehead atoms. The van der Waals surface area contributed by atoms with E-state index >= 15 is 0 Å². The molecule has 18 heavy (non-hydrogen) atoms. The third-order valence-electron chi connectivity index (χ3n) is 2.98. The second-order valence-corrected chi connectivity index (χ2v) is 6.00. The van der Waals surface area contributed by atoms with E-state index in [0.29, 0.717) is 6.54 Å². The van der Waals surface area contributed by atoms with Crippen LogP contribution in [0, 0.1) is 0 Å². The van der Waals surface area contributed by atoms with Gasteiger partial charge in [0, 0.05) is 18.2 Å². The highest BCUT2D eigenvalue weighted by atomic mass is 32.2. The van der Waals surface area contributed by atoms with E-state index in [2.05, 4.69) is 0 Å². The van der Waals surface area contributed by atoms with Gasteiger partial charge in [0.25, 0.3) is 0 Å². The lowest BCUT2D eigenvalue weighted by Gasteiger charge is -2.25. The molecule has 1 atom stereocenters. The lowest BCUT2D eigenvalue weighted by Crippen LogP contribution is -2.31. The van der Waals surface area contributed by atoms with Crippen molar-refractivity contribution in [2.45, 2.75) is 13.0 Å². The van der Waals surface area contributed by atoms with E-state index in [1.54, 1.807) is 7.11 Å². The molecule has 0 amide bonds. The number of primary sulfonamides is 1. The van der Waals surface area contributed by atoms with Gasteiger partial charge < -0.3 is 4.74 Å². The summed E-state index contributed by atoms with van der Waals surface area (Å²) in [5.74, 6) is 0.746. The molecule has 6 heteroatoms. The third-order valence-corrected chi connectivity index (χ3v) is 3.73. The minimum absolute atomic E-state index is 0.0526. The van der Waals surface area contributed by atoms with Gasteiger partial charge in [0.05, 0.1) is 12.9 Å². The highest BCUT2D eigenvalue weighted by molar-refractivity contribution is 7.89. The third kappa shape index (κ3) is 4.29. The summed E-state index contributed by atoms with van der Waals surface area (Å²) in [5, 5.41) is 5.00. The molecule has 1 unspecified atom stereocenters. The Morgan fingerprint density at radius 2 is 2.00 bits per heavy atom. The maximum Gasteiger partial charge on any atom is 0.210 e. The van der Waals surface area contributed by atoms with Crippen LogP contribution in [0.5, 0.6) is 5.75 Å². The fraction of sp³-hybridized carbons (Fsp3) is 0.500. The van der Waals surface area contributed by atoms with Gasteiger partial charge in [-0.3, -0.25) is 4.90 Å². The normalized spacial score (nSPS) is 13.6. The van der Waals surface area contributed by atoms with Gasteiger partial charge >= 0.3 is 0 Å². The maximum atomic E-state index is 10.9. The Labute approximate surface area is 109 Å². The lowest BCUT2D eigenvalue weighted by molar-refractivity contribution is 0.269. The van der Waals surface area contributed by atoms with E-state index in [9.17, 15) is 8.42 Å². The second kappa shape index (κ2) is 6.17. The molecule has 5 nitrogen and oxygen atoms in total. The SMILES string of the molecule is COc1ccccc1C(C)N(C)CCS(N)(=O)=O. The molecule has 0 heterocycles. The van der Waals surface area contributed by atoms with E-state index < -0.39 is 10.0 Å². The molecule has 0 saturated heterocycles. The predicted molar refractivity (Wildman–Crippen MR) is 72.0 cm³/mol. The molecular formula is C12H20N2O3S. The molecule has 0 aromatic heterocycles. The molecular weight excluding hydrogens is 252 g/mol. The van der Waals surface area contributed by atoms with Crippen molar-refractivity contribution in [2.75, 3.05) is 26.5 Å². The first-order chi connectivity index (χ1) is 8.35. The van der Waals surface area contributed by atoms with Gasteiger partial charge in [-0.2, -0.15) is 0 Å². The van der Waals surface area contributed by atoms with Crippen molar-refractivity contribution in [1.29, 1.82) is 0 Å². The minimum atomic E-state index is -3.42. The predicted octanol–water partition coefficient (Wildman–Crippen LogP) is 0.977. The zero-order valence-electron chi connectivity index (χ0n) is 11.0. The number of nitrogens with zero attached hydrogens (tertiary/aromatic N) is 1. The van der Waals surface area contributed by atoms with Gasteiger partial charge in [-0.25, -0.2) is 13.6 Å². The van der Waals surface area contributed by atoms with E-state index in [4.69, 9.17) is 9.88 Å². The lowest BCUT2D eigenvalue weighted by atomic mass is 10.1. The fourth-order valence-electron chi connectivity index (χ4n) is 1.71. The zero-order chi connectivity index (χ0) is 13.8. The molecule has 0 fully saturated rings. The second-order valence-electron chi connectivity index (χ2n) is 4.27. The van der Waals surface area contributed by atoms with Crippen LogP contribution in [-0.2, 0) is 10.0 Å². The number of methoxy groups -OCH3 is 1. The molecule has 1 rings (SSSR count). The average Bonchev–Trinajstić information content (AvgIpc) is 2.34. The van der Waals surface area contributed by atoms with Crippen molar-refractivity contribution < 1.29 is 13.2 Å². The molecule has 0 radical (unpaired) electrons. The Kier molecular flexibility index (Phi) is 5.13. The van der Waals surface area contributed by atoms with E-state index in [1.807, 2.05) is 43.1 Å². The molecule has 0 saturated carbocycles. The topological polar surface area (TPSA) is 72.6 Å². The highest BCUT2D eigenvalue weighted by Crippen LogP contribution is 2.27. The molecule has 2 N–H and O–H groups in total. The minimum Gasteiger partial charge on any atom is -0.496 e. The number of benzene rings is 1. The van der Waals surface area contributed by atoms with Crippen LogP contribution in [0.15, 0.2) is 24.3 Å². The Morgan fingerprint density at radius 1 is 1.39 bits per heavy atom. The number of hydrogen-bond acceptors (Lipinski definition) is 4. The van der Waals surface area contributed by atoms with Gasteiger partial charge in [-0.1, -0.05) is 18.2 Å². The number of nitrogens with two attached hydrogens (primary N) is 1. The van der Waals surface area contributed by atoms with Gasteiger partial charge in [0.15, 0.2) is 0 Å². The van der Waals surface area contributed by atoms with Crippen LogP contribution in [-0.4, -0.2) is 39.8 Å². The van der Waals surface area contributed by atoms with Crippen LogP contribution in [0.1, 0.15) is 18.5 Å². The summed E-state index contributed by atoms with van der Waals surface area (Å²) in [6, 6.07) is 7.75. The number of para-hydroxylation sites is 1. The van der Waals surface area contributed by atoms with E-state index in [1.165, 1.54) is 0 Å². The van der Waals surface area contributed by atoms with E-state index in [0.717, 1.165) is 11.3 Å². The van der Waals surface area contributed by atoms with Crippen molar-refractivity contribution in [3.63, 3.8) is 0 Å². The summed E-state index contributed by atoms with van der Waals surface area (Å²) in [5.41, 5.74) is 1.02. The molecule has 1 aromatic rings. The Balaban J connectivity index is 2.77. The van der Waals surface area contributed by atoms with Gasteiger partial charge in [-0.15, -0.1) is 0 Å². The first-order valence-corrected chi connectivity index (χ1v) is 7.40. The number of ether oxygens (including phenoxy) is 1. The molecule has 0 spiro atoms. The van der Waals surface area contributed by atoms with Crippen LogP contribution in [0.2, 0.25) is 0 Å². The number of sulfonamides is 1. The Bertz CT molecular complexity index is 488. The van der Waals surface area contributed by atoms with Crippen LogP contribution in [0.4, 0.5) is 0 Å². The monoisotopic (exact) mass is 272 g/mol. The quantitative estimate of drug-likeness (QED) is 0.837. The number of rotatable bonds is 6. The zero-order valence-corrected chi connectivity index (χ0v) is 11.8. The summed E-state index contributed by atoms with van der Waals surface area (Å²) >= 11 is 0. The molecule has 102 valence electrons. The maximum absolute atomic E-state index is 10.9. The molecule has 0 aliphatic carbocycles. The van der Waals surface area contributed by atoms with Gasteiger partial charge in [-0.05, 0) is 20.0 Å². The van der Waals surface area contributed by atoms with Crippen LogP contribution in [0.3, 0.4) is 0 Å². The van der Waals surface area contributed by atoms with E-state index in [-0.39, 0.29) is 11.8 Å². The smallest absolute Gasteiger partial charge is 0.210 e. The highest BCUT2D eigenvalue weighted by Gasteiger charge is 2.16. The van der Waals surface area contributed by atoms with Crippen molar-refractivity contribution in [3.8, 4) is 5.75 Å². The average molecular weight is 272 g/mol. The van der Waals surface area contributed by atoms with Crippen LogP contribution in [0.25, 0.3) is 0 Å². The number of hydrogen-bond donors (Lipinski definition) is 1. The van der Waals surface area contributed by atoms with Crippen molar-refractivity contribution in [3.05, 3.63) is 29.8 Å². The van der Waals surface area contributed by atoms with Crippen molar-refractivity contribution in [2.24, 2.45) is 5.14 Å². The Morgan fingerprint density at radius 3 is 2.56 bits per heavy atom. The van der Waals surface area contributed by atoms with Gasteiger partial charge in [0.1, 0.15) is 5.75 Å². The van der Waals surface area contributed by atoms with Gasteiger partial charge in [0.2, 0.25) is 10.0 Å². The van der Waals surface area contributed by atoms with Crippen LogP contribution < -0.4 is 9.88 Å². The standard InChI is InChI=1S/C12H20N2O3S/c1-10(14(2)8-9-18(13,15)16)11-6-4-5-7-12(11)17-3/h4-7,10H,8-9H2,1-3H3,(H2,13,15,16). The fourth-order valence-corrected chi connectivity index (χ4v) is 2.26. The largest absolute Gasteiger partial charge is 0.496 e. The Hall–Kier alpha value is -1.11. The summed E-state index contributed by atoms with van der Waals surface area (Å²) < 4.78 is 27.2. The summed E-state index contributed by atoms with van der Waals surface area (Å²) in [6.07, 6.45) is 0. The first kappa shape index (κ1) is 14.9. The summed E-state index contributed by atoms with van der Waals surface area (Å²) in [7, 11) is 0.0608. The molecule has 0 aliphatic heterocycles. The van der Waals surface area contributed by atoms with Crippen molar-refractivity contribution in [1.82, 2.24) is 4.90 Å². The summed E-state index contributed by atoms with van der Waals surface area (Å²) in [6.45, 7) is 2.39.